The Balaban J connectivity index is 1.15. The molecule has 4 amide bonds. The van der Waals surface area contributed by atoms with E-state index in [4.69, 9.17) is 0 Å². The Bertz CT molecular complexity index is 1060. The van der Waals surface area contributed by atoms with E-state index in [-0.39, 0.29) is 18.2 Å². The Labute approximate surface area is 200 Å². The molecule has 0 spiro atoms. The van der Waals surface area contributed by atoms with Gasteiger partial charge in [-0.25, -0.2) is 4.79 Å². The second-order valence-corrected chi connectivity index (χ2v) is 10.1. The first kappa shape index (κ1) is 22.9. The van der Waals surface area contributed by atoms with Crippen molar-refractivity contribution in [1.82, 2.24) is 25.0 Å². The fourth-order valence-corrected chi connectivity index (χ4v) is 6.07. The zero-order valence-corrected chi connectivity index (χ0v) is 20.0. The van der Waals surface area contributed by atoms with Crippen molar-refractivity contribution in [2.24, 2.45) is 5.92 Å². The monoisotopic (exact) mass is 465 g/mol. The van der Waals surface area contributed by atoms with Crippen molar-refractivity contribution in [3.05, 3.63) is 36.0 Å². The van der Waals surface area contributed by atoms with Crippen molar-refractivity contribution in [3.63, 3.8) is 0 Å². The van der Waals surface area contributed by atoms with Gasteiger partial charge in [-0.3, -0.25) is 14.5 Å². The van der Waals surface area contributed by atoms with Crippen LogP contribution in [0, 0.1) is 5.92 Å². The first-order valence-corrected chi connectivity index (χ1v) is 12.7. The fourth-order valence-electron chi connectivity index (χ4n) is 6.07. The molecule has 34 heavy (non-hydrogen) atoms. The predicted molar refractivity (Wildman–Crippen MR) is 130 cm³/mol. The first-order chi connectivity index (χ1) is 16.5. The van der Waals surface area contributed by atoms with E-state index in [1.807, 2.05) is 37.5 Å². The molecule has 3 saturated heterocycles. The summed E-state index contributed by atoms with van der Waals surface area (Å²) in [5.41, 5.74) is 2.11. The number of rotatable bonds is 7. The minimum atomic E-state index is -0.775. The molecule has 8 nitrogen and oxygen atoms in total. The first-order valence-electron chi connectivity index (χ1n) is 12.7. The molecule has 0 radical (unpaired) electrons. The lowest BCUT2D eigenvalue weighted by Crippen LogP contribution is -2.51. The third-order valence-electron chi connectivity index (χ3n) is 7.93. The molecule has 0 saturated carbocycles. The maximum Gasteiger partial charge on any atom is 0.324 e. The van der Waals surface area contributed by atoms with Crippen LogP contribution in [0.3, 0.4) is 0 Å². The number of nitrogens with zero attached hydrogens (tertiary/aromatic N) is 3. The molecule has 3 aliphatic rings. The number of urea groups is 1. The van der Waals surface area contributed by atoms with E-state index in [9.17, 15) is 14.4 Å². The second kappa shape index (κ2) is 9.78. The van der Waals surface area contributed by atoms with Crippen LogP contribution in [0.25, 0.3) is 10.9 Å². The van der Waals surface area contributed by atoms with Gasteiger partial charge in [-0.2, -0.15) is 0 Å². The number of nitrogens with one attached hydrogen (secondary N) is 2. The summed E-state index contributed by atoms with van der Waals surface area (Å²) in [5, 5.41) is 3.83. The van der Waals surface area contributed by atoms with Crippen LogP contribution in [0.4, 0.5) is 4.79 Å². The number of para-hydroxylation sites is 1. The van der Waals surface area contributed by atoms with E-state index >= 15 is 0 Å². The van der Waals surface area contributed by atoms with Gasteiger partial charge in [-0.1, -0.05) is 24.6 Å². The molecule has 3 aliphatic heterocycles. The van der Waals surface area contributed by atoms with E-state index in [2.05, 4.69) is 15.2 Å². The highest BCUT2D eigenvalue weighted by Gasteiger charge is 2.40. The molecule has 2 aromatic rings. The van der Waals surface area contributed by atoms with Gasteiger partial charge in [0.2, 0.25) is 5.91 Å². The van der Waals surface area contributed by atoms with Gasteiger partial charge in [0.25, 0.3) is 5.91 Å². The lowest BCUT2D eigenvalue weighted by molar-refractivity contribution is -0.135. The predicted octanol–water partition coefficient (Wildman–Crippen LogP) is 2.74. The van der Waals surface area contributed by atoms with Crippen LogP contribution in [0.2, 0.25) is 0 Å². The number of H-pyrrole nitrogens is 1. The molecule has 8 heteroatoms. The zero-order valence-electron chi connectivity index (χ0n) is 20.0. The standard InChI is InChI=1S/C26H35N5O3/c1-29(17-19-7-6-13-30-12-5-4-10-23(19)30)24(32)15-22-25(33)31(26(34)28-22)14-11-18-16-27-21-9-3-2-8-20(18)21/h2-3,8-9,16,19,22-23,27H,4-7,10-15,17H2,1H3,(H,28,34)/t19-,22+,23-/m0/s1. The van der Waals surface area contributed by atoms with Gasteiger partial charge >= 0.3 is 6.03 Å². The number of piperidine rings is 2. The molecule has 0 aliphatic carbocycles. The van der Waals surface area contributed by atoms with E-state index in [0.29, 0.717) is 24.9 Å². The van der Waals surface area contributed by atoms with Crippen LogP contribution in [0.1, 0.15) is 44.1 Å². The van der Waals surface area contributed by atoms with E-state index in [0.717, 1.165) is 29.4 Å². The third-order valence-corrected chi connectivity index (χ3v) is 7.93. The molecule has 5 rings (SSSR count). The van der Waals surface area contributed by atoms with Crippen LogP contribution in [-0.2, 0) is 16.0 Å². The average molecular weight is 466 g/mol. The third kappa shape index (κ3) is 4.56. The van der Waals surface area contributed by atoms with Crippen molar-refractivity contribution in [2.45, 2.75) is 57.0 Å². The molecule has 3 fully saturated rings. The Morgan fingerprint density at radius 2 is 1.94 bits per heavy atom. The van der Waals surface area contributed by atoms with E-state index in [1.165, 1.54) is 43.7 Å². The van der Waals surface area contributed by atoms with Crippen molar-refractivity contribution in [3.8, 4) is 0 Å². The van der Waals surface area contributed by atoms with Crippen molar-refractivity contribution in [1.29, 1.82) is 0 Å². The molecule has 2 N–H and O–H groups in total. The number of amides is 4. The number of hydrogen-bond donors (Lipinski definition) is 2. The Hall–Kier alpha value is -2.87. The van der Waals surface area contributed by atoms with Gasteiger partial charge in [0.05, 0.1) is 6.42 Å². The Morgan fingerprint density at radius 1 is 1.12 bits per heavy atom. The van der Waals surface area contributed by atoms with Crippen molar-refractivity contribution in [2.75, 3.05) is 33.2 Å². The van der Waals surface area contributed by atoms with Crippen molar-refractivity contribution < 1.29 is 14.4 Å². The number of hydrogen-bond acceptors (Lipinski definition) is 4. The van der Waals surface area contributed by atoms with Gasteiger partial charge < -0.3 is 20.1 Å². The summed E-state index contributed by atoms with van der Waals surface area (Å²) in [4.78, 5) is 47.3. The maximum atomic E-state index is 13.0. The molecule has 0 unspecified atom stereocenters. The number of aromatic nitrogens is 1. The molecule has 4 heterocycles. The Kier molecular flexibility index (Phi) is 6.59. The van der Waals surface area contributed by atoms with Gasteiger partial charge in [-0.15, -0.1) is 0 Å². The van der Waals surface area contributed by atoms with Crippen molar-refractivity contribution >= 4 is 28.7 Å². The van der Waals surface area contributed by atoms with Crippen LogP contribution < -0.4 is 5.32 Å². The zero-order chi connectivity index (χ0) is 23.7. The lowest BCUT2D eigenvalue weighted by atomic mass is 9.83. The number of carbonyl (C=O) groups excluding carboxylic acids is 3. The molecular formula is C26H35N5O3. The molecule has 0 bridgehead atoms. The smallest absolute Gasteiger partial charge is 0.324 e. The van der Waals surface area contributed by atoms with Gasteiger partial charge in [0.15, 0.2) is 0 Å². The lowest BCUT2D eigenvalue weighted by Gasteiger charge is -2.45. The quantitative estimate of drug-likeness (QED) is 0.616. The molecule has 3 atom stereocenters. The molecule has 182 valence electrons. The summed E-state index contributed by atoms with van der Waals surface area (Å²) >= 11 is 0. The maximum absolute atomic E-state index is 13.0. The minimum Gasteiger partial charge on any atom is -0.361 e. The highest BCUT2D eigenvalue weighted by Crippen LogP contribution is 2.31. The summed E-state index contributed by atoms with van der Waals surface area (Å²) in [6.45, 7) is 3.37. The average Bonchev–Trinajstić information content (AvgIpc) is 3.38. The number of carbonyl (C=O) groups is 3. The number of imide groups is 1. The normalized spacial score (nSPS) is 25.4. The SMILES string of the molecule is CN(C[C@@H]1CCCN2CCCC[C@@H]12)C(=O)C[C@H]1NC(=O)N(CCc2c[nH]c3ccccc23)C1=O. The highest BCUT2D eigenvalue weighted by molar-refractivity contribution is 6.05. The minimum absolute atomic E-state index is 0.0196. The topological polar surface area (TPSA) is 88.8 Å². The number of fused-ring (bicyclic) bond motifs is 2. The van der Waals surface area contributed by atoms with Gasteiger partial charge in [-0.05, 0) is 62.7 Å². The fraction of sp³-hybridized carbons (Fsp3) is 0.577. The van der Waals surface area contributed by atoms with E-state index in [1.54, 1.807) is 4.90 Å². The van der Waals surface area contributed by atoms with E-state index < -0.39 is 12.1 Å². The van der Waals surface area contributed by atoms with Gasteiger partial charge in [0.1, 0.15) is 6.04 Å². The second-order valence-electron chi connectivity index (χ2n) is 10.1. The Morgan fingerprint density at radius 3 is 2.82 bits per heavy atom. The van der Waals surface area contributed by atoms with Crippen LogP contribution >= 0.6 is 0 Å². The highest BCUT2D eigenvalue weighted by atomic mass is 16.2. The summed E-state index contributed by atoms with van der Waals surface area (Å²) in [6.07, 6.45) is 8.62. The number of benzene rings is 1. The summed E-state index contributed by atoms with van der Waals surface area (Å²) in [7, 11) is 1.83. The van der Waals surface area contributed by atoms with Crippen LogP contribution in [0.5, 0.6) is 0 Å². The molecular weight excluding hydrogens is 430 g/mol. The summed E-state index contributed by atoms with van der Waals surface area (Å²) in [5.74, 6) is 0.109. The summed E-state index contributed by atoms with van der Waals surface area (Å²) in [6, 6.07) is 7.37. The van der Waals surface area contributed by atoms with Crippen LogP contribution in [0.15, 0.2) is 30.5 Å². The molecule has 1 aromatic heterocycles. The van der Waals surface area contributed by atoms with Crippen LogP contribution in [-0.4, -0.2) is 82.8 Å². The van der Waals surface area contributed by atoms with Gasteiger partial charge in [0, 0.05) is 43.3 Å². The molecule has 1 aromatic carbocycles. The largest absolute Gasteiger partial charge is 0.361 e. The number of aromatic amines is 1. The summed E-state index contributed by atoms with van der Waals surface area (Å²) < 4.78 is 0.